The minimum Gasteiger partial charge on any atom is -0.381 e. The van der Waals surface area contributed by atoms with Crippen molar-refractivity contribution in [1.82, 2.24) is 10.2 Å². The van der Waals surface area contributed by atoms with Gasteiger partial charge in [0.1, 0.15) is 0 Å². The lowest BCUT2D eigenvalue weighted by Crippen LogP contribution is -2.49. The first kappa shape index (κ1) is 14.8. The van der Waals surface area contributed by atoms with Crippen molar-refractivity contribution in [1.29, 1.82) is 0 Å². The third-order valence-corrected chi connectivity index (χ3v) is 5.81. The molecule has 0 aromatic heterocycles. The van der Waals surface area contributed by atoms with Gasteiger partial charge in [0.25, 0.3) is 0 Å². The molecule has 0 aromatic carbocycles. The van der Waals surface area contributed by atoms with Crippen molar-refractivity contribution in [3.63, 3.8) is 0 Å². The standard InChI is InChI=1S/C17H32N2O/c1-20-17-8-7-15(13-17)18-14-9-11-19(12-10-14)16-5-3-2-4-6-16/h14-18H,2-13H2,1H3/t15-,17-/m0/s1. The summed E-state index contributed by atoms with van der Waals surface area (Å²) in [6.45, 7) is 2.64. The molecule has 3 nitrogen and oxygen atoms in total. The first-order valence-electron chi connectivity index (χ1n) is 8.88. The lowest BCUT2D eigenvalue weighted by molar-refractivity contribution is 0.101. The van der Waals surface area contributed by atoms with E-state index < -0.39 is 0 Å². The average Bonchev–Trinajstić information content (AvgIpc) is 2.97. The highest BCUT2D eigenvalue weighted by atomic mass is 16.5. The highest BCUT2D eigenvalue weighted by Crippen LogP contribution is 2.27. The van der Waals surface area contributed by atoms with Crippen molar-refractivity contribution in [2.45, 2.75) is 88.4 Å². The molecule has 0 spiro atoms. The van der Waals surface area contributed by atoms with Crippen LogP contribution in [0.2, 0.25) is 0 Å². The lowest BCUT2D eigenvalue weighted by atomic mass is 9.92. The quantitative estimate of drug-likeness (QED) is 0.857. The number of nitrogens with zero attached hydrogens (tertiary/aromatic N) is 1. The summed E-state index contributed by atoms with van der Waals surface area (Å²) >= 11 is 0. The Morgan fingerprint density at radius 3 is 2.25 bits per heavy atom. The molecule has 3 aliphatic rings. The van der Waals surface area contributed by atoms with E-state index in [-0.39, 0.29) is 0 Å². The summed E-state index contributed by atoms with van der Waals surface area (Å²) in [4.78, 5) is 2.78. The molecule has 116 valence electrons. The van der Waals surface area contributed by atoms with Gasteiger partial charge in [-0.2, -0.15) is 0 Å². The first-order chi connectivity index (χ1) is 9.85. The van der Waals surface area contributed by atoms with Crippen LogP contribution in [0.1, 0.15) is 64.2 Å². The van der Waals surface area contributed by atoms with Crippen LogP contribution in [-0.2, 0) is 4.74 Å². The minimum absolute atomic E-state index is 0.509. The fourth-order valence-electron chi connectivity index (χ4n) is 4.52. The molecule has 1 saturated heterocycles. The van der Waals surface area contributed by atoms with Gasteiger partial charge in [-0.25, -0.2) is 0 Å². The maximum atomic E-state index is 5.48. The van der Waals surface area contributed by atoms with Crippen LogP contribution in [0.4, 0.5) is 0 Å². The zero-order valence-corrected chi connectivity index (χ0v) is 13.2. The highest BCUT2D eigenvalue weighted by Gasteiger charge is 2.29. The first-order valence-corrected chi connectivity index (χ1v) is 8.88. The molecular formula is C17H32N2O. The van der Waals surface area contributed by atoms with Gasteiger partial charge in [-0.15, -0.1) is 0 Å². The number of likely N-dealkylation sites (tertiary alicyclic amines) is 1. The van der Waals surface area contributed by atoms with Crippen LogP contribution < -0.4 is 5.32 Å². The summed E-state index contributed by atoms with van der Waals surface area (Å²) in [7, 11) is 1.86. The van der Waals surface area contributed by atoms with E-state index >= 15 is 0 Å². The minimum atomic E-state index is 0.509. The molecule has 0 aromatic rings. The maximum Gasteiger partial charge on any atom is 0.0586 e. The summed E-state index contributed by atoms with van der Waals surface area (Å²) in [5, 5.41) is 3.90. The van der Waals surface area contributed by atoms with Crippen molar-refractivity contribution in [3.8, 4) is 0 Å². The number of hydrogen-bond acceptors (Lipinski definition) is 3. The molecule has 20 heavy (non-hydrogen) atoms. The van der Waals surface area contributed by atoms with Gasteiger partial charge < -0.3 is 15.0 Å². The number of piperidine rings is 1. The van der Waals surface area contributed by atoms with Gasteiger partial charge in [-0.3, -0.25) is 0 Å². The molecule has 0 radical (unpaired) electrons. The predicted octanol–water partition coefficient (Wildman–Crippen LogP) is 2.94. The molecule has 0 unspecified atom stereocenters. The highest BCUT2D eigenvalue weighted by molar-refractivity contribution is 4.88. The molecule has 0 bridgehead atoms. The largest absolute Gasteiger partial charge is 0.381 e. The molecule has 1 N–H and O–H groups in total. The summed E-state index contributed by atoms with van der Waals surface area (Å²) in [6.07, 6.45) is 14.3. The zero-order valence-electron chi connectivity index (χ0n) is 13.2. The van der Waals surface area contributed by atoms with Gasteiger partial charge in [0.2, 0.25) is 0 Å². The molecule has 3 heteroatoms. The topological polar surface area (TPSA) is 24.5 Å². The van der Waals surface area contributed by atoms with Crippen LogP contribution in [0, 0.1) is 0 Å². The maximum absolute atomic E-state index is 5.48. The Morgan fingerprint density at radius 2 is 1.60 bits per heavy atom. The fraction of sp³-hybridized carbons (Fsp3) is 1.00. The molecular weight excluding hydrogens is 248 g/mol. The smallest absolute Gasteiger partial charge is 0.0586 e. The van der Waals surface area contributed by atoms with E-state index in [0.717, 1.165) is 12.1 Å². The lowest BCUT2D eigenvalue weighted by Gasteiger charge is -2.40. The monoisotopic (exact) mass is 280 g/mol. The van der Waals surface area contributed by atoms with E-state index in [2.05, 4.69) is 10.2 Å². The SMILES string of the molecule is CO[C@H]1CC[C@H](NC2CCN(C3CCCCC3)CC2)C1. The summed E-state index contributed by atoms with van der Waals surface area (Å²) in [5.41, 5.74) is 0. The van der Waals surface area contributed by atoms with E-state index in [1.807, 2.05) is 7.11 Å². The molecule has 1 heterocycles. The van der Waals surface area contributed by atoms with E-state index in [4.69, 9.17) is 4.74 Å². The van der Waals surface area contributed by atoms with E-state index in [0.29, 0.717) is 12.1 Å². The number of nitrogens with one attached hydrogen (secondary N) is 1. The van der Waals surface area contributed by atoms with Crippen LogP contribution in [-0.4, -0.2) is 49.3 Å². The number of methoxy groups -OCH3 is 1. The Hall–Kier alpha value is -0.120. The molecule has 1 aliphatic heterocycles. The molecule has 0 amide bonds. The van der Waals surface area contributed by atoms with Crippen molar-refractivity contribution < 1.29 is 4.74 Å². The van der Waals surface area contributed by atoms with E-state index in [9.17, 15) is 0 Å². The normalized spacial score (nSPS) is 34.6. The predicted molar refractivity (Wildman–Crippen MR) is 83.0 cm³/mol. The number of ether oxygens (including phenoxy) is 1. The Kier molecular flexibility index (Phi) is 5.36. The second kappa shape index (κ2) is 7.24. The Morgan fingerprint density at radius 1 is 0.850 bits per heavy atom. The molecule has 2 aliphatic carbocycles. The van der Waals surface area contributed by atoms with Crippen molar-refractivity contribution in [2.24, 2.45) is 0 Å². The van der Waals surface area contributed by atoms with Gasteiger partial charge in [-0.05, 0) is 58.0 Å². The van der Waals surface area contributed by atoms with Crippen LogP contribution in [0.5, 0.6) is 0 Å². The van der Waals surface area contributed by atoms with Gasteiger partial charge in [0.15, 0.2) is 0 Å². The summed E-state index contributed by atoms with van der Waals surface area (Å²) in [5.74, 6) is 0. The van der Waals surface area contributed by atoms with Gasteiger partial charge in [0, 0.05) is 25.2 Å². The summed E-state index contributed by atoms with van der Waals surface area (Å²) < 4.78 is 5.48. The van der Waals surface area contributed by atoms with Crippen molar-refractivity contribution >= 4 is 0 Å². The molecule has 3 fully saturated rings. The Balaban J connectivity index is 1.38. The zero-order chi connectivity index (χ0) is 13.8. The van der Waals surface area contributed by atoms with E-state index in [1.165, 1.54) is 77.3 Å². The molecule has 3 rings (SSSR count). The molecule has 2 saturated carbocycles. The molecule has 2 atom stereocenters. The van der Waals surface area contributed by atoms with Crippen molar-refractivity contribution in [2.75, 3.05) is 20.2 Å². The van der Waals surface area contributed by atoms with Crippen molar-refractivity contribution in [3.05, 3.63) is 0 Å². The third-order valence-electron chi connectivity index (χ3n) is 5.81. The average molecular weight is 280 g/mol. The van der Waals surface area contributed by atoms with Gasteiger partial charge >= 0.3 is 0 Å². The van der Waals surface area contributed by atoms with Crippen LogP contribution in [0.15, 0.2) is 0 Å². The van der Waals surface area contributed by atoms with Gasteiger partial charge in [-0.1, -0.05) is 19.3 Å². The van der Waals surface area contributed by atoms with Crippen LogP contribution >= 0.6 is 0 Å². The third kappa shape index (κ3) is 3.75. The number of rotatable bonds is 4. The fourth-order valence-corrected chi connectivity index (χ4v) is 4.52. The second-order valence-electron chi connectivity index (χ2n) is 7.14. The van der Waals surface area contributed by atoms with E-state index in [1.54, 1.807) is 0 Å². The summed E-state index contributed by atoms with van der Waals surface area (Å²) in [6, 6.07) is 2.38. The Bertz CT molecular complexity index is 283. The van der Waals surface area contributed by atoms with Crippen LogP contribution in [0.25, 0.3) is 0 Å². The Labute approximate surface area is 124 Å². The van der Waals surface area contributed by atoms with Crippen LogP contribution in [0.3, 0.4) is 0 Å². The second-order valence-corrected chi connectivity index (χ2v) is 7.14. The number of hydrogen-bond donors (Lipinski definition) is 1. The van der Waals surface area contributed by atoms with Gasteiger partial charge in [0.05, 0.1) is 6.10 Å².